The number of carbonyl (C=O) groups excluding carboxylic acids is 3. The molecule has 0 radical (unpaired) electrons. The van der Waals surface area contributed by atoms with Crippen molar-refractivity contribution in [3.8, 4) is 0 Å². The number of fused-ring (bicyclic) bond motifs is 1. The minimum Gasteiger partial charge on any atom is -0.477 e. The average molecular weight is 541 g/mol. The first kappa shape index (κ1) is 24.1. The Hall–Kier alpha value is -2.55. The highest BCUT2D eigenvalue weighted by Gasteiger charge is 2.54. The first-order chi connectivity index (χ1) is 14.8. The van der Waals surface area contributed by atoms with Gasteiger partial charge in [0.2, 0.25) is 5.91 Å². The molecule has 0 aromatic carbocycles. The van der Waals surface area contributed by atoms with Crippen LogP contribution in [0.15, 0.2) is 15.7 Å². The Morgan fingerprint density at radius 2 is 2.03 bits per heavy atom. The zero-order valence-corrected chi connectivity index (χ0v) is 18.9. The summed E-state index contributed by atoms with van der Waals surface area (Å²) in [4.78, 5) is 48.6. The third-order valence-corrected chi connectivity index (χ3v) is 7.00. The van der Waals surface area contributed by atoms with Crippen LogP contribution in [-0.4, -0.2) is 67.3 Å². The number of β-lactam (4-membered cyclic amide) rings is 1. The van der Waals surface area contributed by atoms with Crippen LogP contribution in [-0.2, 0) is 36.6 Å². The van der Waals surface area contributed by atoms with Gasteiger partial charge in [0.1, 0.15) is 30.3 Å². The molecule has 0 unspecified atom stereocenters. The number of carbonyl (C=O) groups is 4. The largest absolute Gasteiger partial charge is 0.477 e. The van der Waals surface area contributed by atoms with Crippen molar-refractivity contribution < 1.29 is 42.2 Å². The van der Waals surface area contributed by atoms with E-state index in [2.05, 4.69) is 26.3 Å². The molecule has 1 aromatic heterocycles. The molecule has 10 nitrogen and oxygen atoms in total. The third kappa shape index (κ3) is 4.48. The van der Waals surface area contributed by atoms with Crippen LogP contribution in [0.5, 0.6) is 0 Å². The second-order valence-electron chi connectivity index (χ2n) is 6.90. The number of carboxylic acid groups (broad SMARTS) is 1. The number of esters is 1. The van der Waals surface area contributed by atoms with E-state index in [1.165, 1.54) is 18.7 Å². The maximum absolute atomic E-state index is 13.0. The first-order valence-electron chi connectivity index (χ1n) is 8.95. The Kier molecular flexibility index (Phi) is 6.60. The van der Waals surface area contributed by atoms with Gasteiger partial charge in [-0.3, -0.25) is 24.0 Å². The van der Waals surface area contributed by atoms with Gasteiger partial charge in [-0.25, -0.2) is 4.79 Å². The molecule has 3 rings (SSSR count). The summed E-state index contributed by atoms with van der Waals surface area (Å²) in [5.74, 6) is -3.30. The van der Waals surface area contributed by atoms with E-state index in [4.69, 9.17) is 4.74 Å². The summed E-state index contributed by atoms with van der Waals surface area (Å²) >= 11 is 3.98. The molecule has 1 saturated heterocycles. The molecule has 1 fully saturated rings. The van der Waals surface area contributed by atoms with Crippen molar-refractivity contribution in [1.29, 1.82) is 0 Å². The predicted molar refractivity (Wildman–Crippen MR) is 106 cm³/mol. The number of ether oxygens (including phenoxy) is 1. The van der Waals surface area contributed by atoms with Gasteiger partial charge in [-0.05, 0) is 22.9 Å². The van der Waals surface area contributed by atoms with Gasteiger partial charge in [0.15, 0.2) is 5.69 Å². The van der Waals surface area contributed by atoms with E-state index in [-0.39, 0.29) is 33.8 Å². The number of rotatable bonds is 6. The van der Waals surface area contributed by atoms with Crippen molar-refractivity contribution in [3.63, 3.8) is 0 Å². The van der Waals surface area contributed by atoms with Crippen molar-refractivity contribution >= 4 is 51.4 Å². The monoisotopic (exact) mass is 540 g/mol. The predicted octanol–water partition coefficient (Wildman–Crippen LogP) is 1.27. The number of halogens is 4. The van der Waals surface area contributed by atoms with Crippen LogP contribution >= 0.6 is 27.7 Å². The summed E-state index contributed by atoms with van der Waals surface area (Å²) in [6.45, 7) is 1.66. The number of nitrogens with zero attached hydrogens (tertiary/aromatic N) is 3. The molecule has 0 saturated carbocycles. The Morgan fingerprint density at radius 1 is 1.38 bits per heavy atom. The van der Waals surface area contributed by atoms with Gasteiger partial charge in [0.05, 0.1) is 10.2 Å². The van der Waals surface area contributed by atoms with Crippen LogP contribution in [0, 0.1) is 6.92 Å². The number of hydrogen-bond donors (Lipinski definition) is 2. The topological polar surface area (TPSA) is 131 Å². The second kappa shape index (κ2) is 8.77. The maximum Gasteiger partial charge on any atom is 0.436 e. The highest BCUT2D eigenvalue weighted by molar-refractivity contribution is 9.10. The molecule has 2 aliphatic rings. The van der Waals surface area contributed by atoms with Crippen molar-refractivity contribution in [2.45, 2.75) is 38.0 Å². The molecule has 174 valence electrons. The highest BCUT2D eigenvalue weighted by Crippen LogP contribution is 2.40. The number of amides is 2. The van der Waals surface area contributed by atoms with Crippen molar-refractivity contribution in [2.24, 2.45) is 0 Å². The van der Waals surface area contributed by atoms with Crippen molar-refractivity contribution in [2.75, 3.05) is 12.4 Å². The first-order valence-corrected chi connectivity index (χ1v) is 10.8. The van der Waals surface area contributed by atoms with Gasteiger partial charge in [-0.15, -0.1) is 11.8 Å². The molecule has 1 aromatic rings. The van der Waals surface area contributed by atoms with Crippen LogP contribution < -0.4 is 5.32 Å². The number of carboxylic acids is 1. The Bertz CT molecular complexity index is 1040. The number of aromatic nitrogens is 2. The fraction of sp³-hybridized carbons (Fsp3) is 0.471. The van der Waals surface area contributed by atoms with Crippen molar-refractivity contribution in [3.05, 3.63) is 27.1 Å². The molecule has 0 spiro atoms. The molecule has 2 aliphatic heterocycles. The zero-order chi connectivity index (χ0) is 24.0. The molecule has 32 heavy (non-hydrogen) atoms. The Morgan fingerprint density at radius 3 is 2.56 bits per heavy atom. The van der Waals surface area contributed by atoms with Gasteiger partial charge in [0.25, 0.3) is 5.91 Å². The zero-order valence-electron chi connectivity index (χ0n) is 16.5. The van der Waals surface area contributed by atoms with Gasteiger partial charge in [-0.1, -0.05) is 0 Å². The summed E-state index contributed by atoms with van der Waals surface area (Å²) in [7, 11) is 0. The van der Waals surface area contributed by atoms with E-state index in [1.807, 2.05) is 0 Å². The quantitative estimate of drug-likeness (QED) is 0.407. The number of thioether (sulfide) groups is 1. The minimum atomic E-state index is -4.71. The minimum absolute atomic E-state index is 0.0762. The summed E-state index contributed by atoms with van der Waals surface area (Å²) in [5, 5.41) is 14.6. The smallest absolute Gasteiger partial charge is 0.436 e. The second-order valence-corrected chi connectivity index (χ2v) is 8.79. The number of aliphatic carboxylic acids is 1. The standard InChI is InChI=1S/C17H16BrF3N4O6S/c1-6-10(18)13(17(19,20)21)23-24(6)3-9(27)22-11-14(28)25-12(16(29)30)8(4-31-7(2)26)5-32-15(11)25/h11,15H,3-5H2,1-2H3,(H,22,27)(H,29,30)/t11-,15+/m1/s1. The van der Waals surface area contributed by atoms with Crippen LogP contribution in [0.2, 0.25) is 0 Å². The Balaban J connectivity index is 1.71. The molecule has 0 bridgehead atoms. The fourth-order valence-electron chi connectivity index (χ4n) is 3.20. The molecular formula is C17H16BrF3N4O6S. The van der Waals surface area contributed by atoms with E-state index < -0.39 is 53.6 Å². The lowest BCUT2D eigenvalue weighted by molar-refractivity contribution is -0.151. The van der Waals surface area contributed by atoms with Crippen LogP contribution in [0.3, 0.4) is 0 Å². The lowest BCUT2D eigenvalue weighted by Crippen LogP contribution is -2.70. The number of hydrogen-bond acceptors (Lipinski definition) is 7. The Labute approximate surface area is 191 Å². The maximum atomic E-state index is 13.0. The van der Waals surface area contributed by atoms with E-state index >= 15 is 0 Å². The molecule has 0 aliphatic carbocycles. The van der Waals surface area contributed by atoms with E-state index in [0.717, 1.165) is 16.5 Å². The lowest BCUT2D eigenvalue weighted by Gasteiger charge is -2.49. The van der Waals surface area contributed by atoms with E-state index in [9.17, 15) is 37.5 Å². The normalized spacial score (nSPS) is 20.6. The number of alkyl halides is 3. The van der Waals surface area contributed by atoms with E-state index in [1.54, 1.807) is 0 Å². The number of nitrogens with one attached hydrogen (secondary N) is 1. The van der Waals surface area contributed by atoms with Gasteiger partial charge in [-0.2, -0.15) is 18.3 Å². The van der Waals surface area contributed by atoms with Crippen LogP contribution in [0.1, 0.15) is 18.3 Å². The van der Waals surface area contributed by atoms with Crippen LogP contribution in [0.25, 0.3) is 0 Å². The summed E-state index contributed by atoms with van der Waals surface area (Å²) in [6.07, 6.45) is -4.71. The summed E-state index contributed by atoms with van der Waals surface area (Å²) in [5.41, 5.74) is -1.17. The van der Waals surface area contributed by atoms with Crippen molar-refractivity contribution in [1.82, 2.24) is 20.0 Å². The molecule has 2 atom stereocenters. The van der Waals surface area contributed by atoms with Gasteiger partial charge >= 0.3 is 18.1 Å². The molecule has 3 heterocycles. The molecule has 2 N–H and O–H groups in total. The highest BCUT2D eigenvalue weighted by atomic mass is 79.9. The molecule has 2 amide bonds. The fourth-order valence-corrected chi connectivity index (χ4v) is 5.03. The SMILES string of the molecule is CC(=O)OCC1=C(C(=O)O)N2C(=O)[C@@H](NC(=O)Cn3nc(C(F)(F)F)c(Br)c3C)[C@@H]2SC1. The molecular weight excluding hydrogens is 525 g/mol. The van der Waals surface area contributed by atoms with Gasteiger partial charge in [0, 0.05) is 18.2 Å². The van der Waals surface area contributed by atoms with Crippen LogP contribution in [0.4, 0.5) is 13.2 Å². The third-order valence-electron chi connectivity index (χ3n) is 4.71. The lowest BCUT2D eigenvalue weighted by atomic mass is 10.0. The molecule has 15 heteroatoms. The van der Waals surface area contributed by atoms with Gasteiger partial charge < -0.3 is 15.2 Å². The summed E-state index contributed by atoms with van der Waals surface area (Å²) in [6, 6.07) is -1.06. The average Bonchev–Trinajstić information content (AvgIpc) is 2.98. The summed E-state index contributed by atoms with van der Waals surface area (Å²) < 4.78 is 44.4. The van der Waals surface area contributed by atoms with E-state index in [0.29, 0.717) is 0 Å².